The first kappa shape index (κ1) is 15.0. The second-order valence-electron chi connectivity index (χ2n) is 3.99. The van der Waals surface area contributed by atoms with Crippen molar-refractivity contribution in [1.82, 2.24) is 0 Å². The van der Waals surface area contributed by atoms with Gasteiger partial charge in [-0.15, -0.1) is 0 Å². The van der Waals surface area contributed by atoms with Gasteiger partial charge in [0.05, 0.1) is 5.56 Å². The number of ether oxygens (including phenoxy) is 1. The van der Waals surface area contributed by atoms with E-state index in [0.29, 0.717) is 26.4 Å². The molecule has 0 bridgehead atoms. The van der Waals surface area contributed by atoms with Crippen molar-refractivity contribution in [2.45, 2.75) is 6.61 Å². The largest absolute Gasteiger partial charge is 0.488 e. The normalized spacial score (nSPS) is 10.3. The molecule has 0 saturated carbocycles. The summed E-state index contributed by atoms with van der Waals surface area (Å²) in [5.41, 5.74) is 6.16. The Morgan fingerprint density at radius 2 is 1.75 bits per heavy atom. The molecular formula is C14H10Cl3NO2. The molecule has 3 nitrogen and oxygen atoms in total. The third-order valence-electron chi connectivity index (χ3n) is 2.64. The molecule has 0 saturated heterocycles. The van der Waals surface area contributed by atoms with E-state index in [2.05, 4.69) is 0 Å². The summed E-state index contributed by atoms with van der Waals surface area (Å²) in [5.74, 6) is -0.303. The minimum Gasteiger partial charge on any atom is -0.488 e. The summed E-state index contributed by atoms with van der Waals surface area (Å²) in [4.78, 5) is 11.3. The number of halogens is 3. The molecule has 0 atom stereocenters. The van der Waals surface area contributed by atoms with Crippen molar-refractivity contribution >= 4 is 40.7 Å². The second kappa shape index (κ2) is 6.35. The number of rotatable bonds is 4. The lowest BCUT2D eigenvalue weighted by molar-refractivity contribution is 0.0996. The van der Waals surface area contributed by atoms with Gasteiger partial charge in [-0.05, 0) is 30.3 Å². The molecule has 2 aromatic rings. The van der Waals surface area contributed by atoms with Crippen LogP contribution in [0.4, 0.5) is 0 Å². The van der Waals surface area contributed by atoms with E-state index in [1.807, 2.05) is 0 Å². The molecule has 2 N–H and O–H groups in total. The highest BCUT2D eigenvalue weighted by Crippen LogP contribution is 2.28. The molecule has 0 aromatic heterocycles. The minimum absolute atomic E-state index is 0.110. The fraction of sp³-hybridized carbons (Fsp3) is 0.0714. The van der Waals surface area contributed by atoms with Crippen molar-refractivity contribution in [2.24, 2.45) is 5.73 Å². The van der Waals surface area contributed by atoms with Gasteiger partial charge in [0.15, 0.2) is 0 Å². The quantitative estimate of drug-likeness (QED) is 0.907. The molecule has 0 aliphatic carbocycles. The molecule has 0 spiro atoms. The van der Waals surface area contributed by atoms with Crippen LogP contribution in [0.5, 0.6) is 5.75 Å². The zero-order valence-corrected chi connectivity index (χ0v) is 12.5. The maximum atomic E-state index is 11.3. The summed E-state index contributed by atoms with van der Waals surface area (Å²) in [6, 6.07) is 9.75. The van der Waals surface area contributed by atoms with Crippen LogP contribution >= 0.6 is 34.8 Å². The predicted molar refractivity (Wildman–Crippen MR) is 80.8 cm³/mol. The van der Waals surface area contributed by atoms with Crippen LogP contribution in [-0.4, -0.2) is 5.91 Å². The summed E-state index contributed by atoms with van der Waals surface area (Å²) < 4.78 is 5.57. The Morgan fingerprint density at radius 1 is 1.10 bits per heavy atom. The van der Waals surface area contributed by atoms with Crippen molar-refractivity contribution in [2.75, 3.05) is 0 Å². The number of hydrogen-bond donors (Lipinski definition) is 1. The van der Waals surface area contributed by atoms with Gasteiger partial charge < -0.3 is 10.5 Å². The zero-order chi connectivity index (χ0) is 14.7. The van der Waals surface area contributed by atoms with Crippen molar-refractivity contribution in [3.63, 3.8) is 0 Å². The van der Waals surface area contributed by atoms with Gasteiger partial charge in [0.1, 0.15) is 12.4 Å². The highest BCUT2D eigenvalue weighted by molar-refractivity contribution is 6.36. The van der Waals surface area contributed by atoms with E-state index in [9.17, 15) is 4.79 Å². The summed E-state index contributed by atoms with van der Waals surface area (Å²) in [6.45, 7) is 0.110. The highest BCUT2D eigenvalue weighted by atomic mass is 35.5. The Labute approximate surface area is 131 Å². The van der Waals surface area contributed by atoms with Gasteiger partial charge in [0.2, 0.25) is 0 Å². The SMILES string of the molecule is NC(=O)c1ccc(Cl)cc1OCc1c(Cl)cccc1Cl. The topological polar surface area (TPSA) is 52.3 Å². The molecule has 2 aromatic carbocycles. The lowest BCUT2D eigenvalue weighted by atomic mass is 10.2. The van der Waals surface area contributed by atoms with Crippen molar-refractivity contribution in [1.29, 1.82) is 0 Å². The van der Waals surface area contributed by atoms with Crippen molar-refractivity contribution < 1.29 is 9.53 Å². The predicted octanol–water partition coefficient (Wildman–Crippen LogP) is 4.32. The molecule has 0 radical (unpaired) electrons. The number of benzene rings is 2. The van der Waals surface area contributed by atoms with E-state index in [0.717, 1.165) is 0 Å². The summed E-state index contributed by atoms with van der Waals surface area (Å²) in [6.07, 6.45) is 0. The lowest BCUT2D eigenvalue weighted by Crippen LogP contribution is -2.13. The molecule has 1 amide bonds. The average molecular weight is 331 g/mol. The monoisotopic (exact) mass is 329 g/mol. The smallest absolute Gasteiger partial charge is 0.252 e. The van der Waals surface area contributed by atoms with Crippen LogP contribution < -0.4 is 10.5 Å². The van der Waals surface area contributed by atoms with Crippen LogP contribution in [0.3, 0.4) is 0 Å². The van der Waals surface area contributed by atoms with Gasteiger partial charge in [0, 0.05) is 20.6 Å². The molecule has 20 heavy (non-hydrogen) atoms. The first-order valence-corrected chi connectivity index (χ1v) is 6.77. The van der Waals surface area contributed by atoms with Gasteiger partial charge >= 0.3 is 0 Å². The molecule has 0 aliphatic heterocycles. The third kappa shape index (κ3) is 3.37. The standard InChI is InChI=1S/C14H10Cl3NO2/c15-8-4-5-9(14(18)19)13(6-8)20-7-10-11(16)2-1-3-12(10)17/h1-6H,7H2,(H2,18,19). The number of primary amides is 1. The number of carbonyl (C=O) groups excluding carboxylic acids is 1. The molecule has 0 unspecified atom stereocenters. The van der Waals surface area contributed by atoms with E-state index in [1.165, 1.54) is 12.1 Å². The van der Waals surface area contributed by atoms with Crippen LogP contribution in [0.2, 0.25) is 15.1 Å². The Morgan fingerprint density at radius 3 is 2.35 bits per heavy atom. The molecule has 2 rings (SSSR count). The van der Waals surface area contributed by atoms with E-state index in [-0.39, 0.29) is 12.2 Å². The minimum atomic E-state index is -0.595. The van der Waals surface area contributed by atoms with E-state index in [1.54, 1.807) is 24.3 Å². The first-order chi connectivity index (χ1) is 9.49. The van der Waals surface area contributed by atoms with Gasteiger partial charge in [-0.1, -0.05) is 40.9 Å². The van der Waals surface area contributed by atoms with Crippen LogP contribution in [-0.2, 0) is 6.61 Å². The maximum absolute atomic E-state index is 11.3. The highest BCUT2D eigenvalue weighted by Gasteiger charge is 2.12. The van der Waals surface area contributed by atoms with Gasteiger partial charge in [0.25, 0.3) is 5.91 Å². The first-order valence-electron chi connectivity index (χ1n) is 5.64. The molecule has 0 fully saturated rings. The number of hydrogen-bond acceptors (Lipinski definition) is 2. The Balaban J connectivity index is 2.27. The van der Waals surface area contributed by atoms with Crippen LogP contribution in [0.1, 0.15) is 15.9 Å². The molecule has 0 heterocycles. The fourth-order valence-corrected chi connectivity index (χ4v) is 2.31. The Kier molecular flexibility index (Phi) is 4.76. The second-order valence-corrected chi connectivity index (χ2v) is 5.24. The summed E-state index contributed by atoms with van der Waals surface area (Å²) in [5, 5.41) is 1.41. The van der Waals surface area contributed by atoms with Crippen molar-refractivity contribution in [3.05, 3.63) is 62.6 Å². The van der Waals surface area contributed by atoms with Gasteiger partial charge in [-0.25, -0.2) is 0 Å². The zero-order valence-electron chi connectivity index (χ0n) is 10.2. The van der Waals surface area contributed by atoms with E-state index >= 15 is 0 Å². The van der Waals surface area contributed by atoms with E-state index in [4.69, 9.17) is 45.3 Å². The van der Waals surface area contributed by atoms with Crippen LogP contribution in [0.25, 0.3) is 0 Å². The number of carbonyl (C=O) groups is 1. The van der Waals surface area contributed by atoms with Crippen molar-refractivity contribution in [3.8, 4) is 5.75 Å². The third-order valence-corrected chi connectivity index (χ3v) is 3.59. The van der Waals surface area contributed by atoms with Gasteiger partial charge in [-0.3, -0.25) is 4.79 Å². The Hall–Kier alpha value is -1.42. The maximum Gasteiger partial charge on any atom is 0.252 e. The Bertz CT molecular complexity index is 639. The van der Waals surface area contributed by atoms with Crippen LogP contribution in [0, 0.1) is 0 Å². The number of amides is 1. The van der Waals surface area contributed by atoms with Gasteiger partial charge in [-0.2, -0.15) is 0 Å². The average Bonchev–Trinajstić information content (AvgIpc) is 2.37. The summed E-state index contributed by atoms with van der Waals surface area (Å²) >= 11 is 18.0. The molecule has 104 valence electrons. The summed E-state index contributed by atoms with van der Waals surface area (Å²) in [7, 11) is 0. The fourth-order valence-electron chi connectivity index (χ4n) is 1.64. The molecule has 6 heteroatoms. The lowest BCUT2D eigenvalue weighted by Gasteiger charge is -2.12. The van der Waals surface area contributed by atoms with E-state index < -0.39 is 5.91 Å². The molecule has 0 aliphatic rings. The van der Waals surface area contributed by atoms with Crippen LogP contribution in [0.15, 0.2) is 36.4 Å². The molecular weight excluding hydrogens is 321 g/mol. The number of nitrogens with two attached hydrogens (primary N) is 1.